The van der Waals surface area contributed by atoms with E-state index in [0.29, 0.717) is 6.42 Å². The number of carbonyl (C=O) groups is 1. The summed E-state index contributed by atoms with van der Waals surface area (Å²) in [5.74, 6) is -1.91. The molecule has 22 heavy (non-hydrogen) atoms. The summed E-state index contributed by atoms with van der Waals surface area (Å²) in [6.45, 7) is 3.62. The predicted molar refractivity (Wildman–Crippen MR) is 80.1 cm³/mol. The van der Waals surface area contributed by atoms with Crippen LogP contribution < -0.4 is 0 Å². The Kier molecular flexibility index (Phi) is 3.87. The highest BCUT2D eigenvalue weighted by Gasteiger charge is 2.61. The zero-order chi connectivity index (χ0) is 16.0. The van der Waals surface area contributed by atoms with E-state index in [1.54, 1.807) is 37.3 Å². The zero-order valence-electron chi connectivity index (χ0n) is 12.7. The first-order chi connectivity index (χ1) is 10.4. The molecule has 0 N–H and O–H groups in total. The Morgan fingerprint density at radius 2 is 1.73 bits per heavy atom. The maximum absolute atomic E-state index is 13.0. The van der Waals surface area contributed by atoms with Crippen LogP contribution in [-0.2, 0) is 24.1 Å². The molecule has 3 rings (SSSR count). The van der Waals surface area contributed by atoms with Crippen molar-refractivity contribution in [1.29, 1.82) is 0 Å². The molecule has 120 valence electrons. The number of Topliss-reactive ketones (excluding diaryl/α,β-unsaturated/α-hetero) is 1. The highest BCUT2D eigenvalue weighted by atomic mass is 32.2. The summed E-state index contributed by atoms with van der Waals surface area (Å²) in [6, 6.07) is 8.19. The minimum atomic E-state index is -3.71. The quantitative estimate of drug-likeness (QED) is 0.833. The van der Waals surface area contributed by atoms with E-state index in [4.69, 9.17) is 9.47 Å². The number of ketones is 1. The van der Waals surface area contributed by atoms with E-state index in [1.807, 2.05) is 6.92 Å². The fourth-order valence-electron chi connectivity index (χ4n) is 3.27. The number of sulfone groups is 1. The summed E-state index contributed by atoms with van der Waals surface area (Å²) >= 11 is 0. The Labute approximate surface area is 130 Å². The molecule has 1 spiro atoms. The lowest BCUT2D eigenvalue weighted by Crippen LogP contribution is -2.56. The van der Waals surface area contributed by atoms with Crippen LogP contribution in [-0.4, -0.2) is 37.4 Å². The minimum Gasteiger partial charge on any atom is -0.340 e. The molecule has 0 unspecified atom stereocenters. The van der Waals surface area contributed by atoms with E-state index in [1.165, 1.54) is 0 Å². The molecule has 2 aliphatic rings. The second-order valence-electron chi connectivity index (χ2n) is 6.07. The predicted octanol–water partition coefficient (Wildman–Crippen LogP) is 2.10. The maximum Gasteiger partial charge on any atom is 0.247 e. The van der Waals surface area contributed by atoms with Gasteiger partial charge in [0.05, 0.1) is 17.1 Å². The van der Waals surface area contributed by atoms with Crippen LogP contribution in [0.5, 0.6) is 0 Å². The summed E-state index contributed by atoms with van der Waals surface area (Å²) in [6.07, 6.45) is 0.607. The van der Waals surface area contributed by atoms with E-state index < -0.39 is 20.9 Å². The van der Waals surface area contributed by atoms with Gasteiger partial charge in [0.25, 0.3) is 0 Å². The lowest BCUT2D eigenvalue weighted by atomic mass is 9.97. The molecule has 0 bridgehead atoms. The van der Waals surface area contributed by atoms with Crippen LogP contribution in [0.15, 0.2) is 35.2 Å². The molecular formula is C16H20O5S. The third-order valence-electron chi connectivity index (χ3n) is 4.34. The van der Waals surface area contributed by atoms with Gasteiger partial charge in [-0.25, -0.2) is 8.42 Å². The van der Waals surface area contributed by atoms with Gasteiger partial charge in [0.15, 0.2) is 15.6 Å². The smallest absolute Gasteiger partial charge is 0.247 e. The third-order valence-corrected chi connectivity index (χ3v) is 6.52. The molecule has 0 amide bonds. The van der Waals surface area contributed by atoms with Crippen LogP contribution in [0.2, 0.25) is 0 Å². The molecule has 2 fully saturated rings. The first kappa shape index (κ1) is 15.6. The zero-order valence-corrected chi connectivity index (χ0v) is 13.5. The fourth-order valence-corrected chi connectivity index (χ4v) is 5.31. The van der Waals surface area contributed by atoms with Crippen molar-refractivity contribution in [2.24, 2.45) is 0 Å². The summed E-state index contributed by atoms with van der Waals surface area (Å²) in [4.78, 5) is 12.7. The van der Waals surface area contributed by atoms with Gasteiger partial charge >= 0.3 is 0 Å². The highest BCUT2D eigenvalue weighted by Crippen LogP contribution is 2.43. The second kappa shape index (κ2) is 5.44. The van der Waals surface area contributed by atoms with Gasteiger partial charge in [-0.05, 0) is 38.8 Å². The van der Waals surface area contributed by atoms with Crippen LogP contribution in [0.4, 0.5) is 0 Å². The van der Waals surface area contributed by atoms with E-state index in [9.17, 15) is 13.2 Å². The van der Waals surface area contributed by atoms with E-state index >= 15 is 0 Å². The van der Waals surface area contributed by atoms with Gasteiger partial charge in [0.1, 0.15) is 5.25 Å². The molecule has 0 saturated carbocycles. The average Bonchev–Trinajstić information content (AvgIpc) is 2.82. The van der Waals surface area contributed by atoms with Gasteiger partial charge < -0.3 is 9.47 Å². The van der Waals surface area contributed by atoms with Crippen LogP contribution in [0, 0.1) is 0 Å². The van der Waals surface area contributed by atoms with Crippen LogP contribution in [0.1, 0.15) is 33.1 Å². The first-order valence-corrected chi connectivity index (χ1v) is 9.09. The standard InChI is InChI=1S/C16H20O5S/c1-11-8-9-14(17)16(20-11)15(10-12(2)21-16)22(18,19)13-6-4-3-5-7-13/h3-7,11-12,15H,8-10H2,1-2H3/t11-,12-,15-,16+/m0/s1. The van der Waals surface area contributed by atoms with E-state index in [0.717, 1.165) is 0 Å². The monoisotopic (exact) mass is 324 g/mol. The largest absolute Gasteiger partial charge is 0.340 e. The first-order valence-electron chi connectivity index (χ1n) is 7.54. The summed E-state index contributed by atoms with van der Waals surface area (Å²) in [7, 11) is -3.71. The van der Waals surface area contributed by atoms with Crippen molar-refractivity contribution < 1.29 is 22.7 Å². The van der Waals surface area contributed by atoms with E-state index in [2.05, 4.69) is 0 Å². The highest BCUT2D eigenvalue weighted by molar-refractivity contribution is 7.92. The Bertz CT molecular complexity index is 669. The summed E-state index contributed by atoms with van der Waals surface area (Å²) in [5.41, 5.74) is 0. The number of hydrogen-bond donors (Lipinski definition) is 0. The number of rotatable bonds is 2. The van der Waals surface area contributed by atoms with Gasteiger partial charge in [-0.2, -0.15) is 0 Å². The molecule has 0 aromatic heterocycles. The summed E-state index contributed by atoms with van der Waals surface area (Å²) in [5, 5.41) is -0.993. The van der Waals surface area contributed by atoms with Gasteiger partial charge in [0.2, 0.25) is 5.79 Å². The van der Waals surface area contributed by atoms with Gasteiger partial charge in [-0.3, -0.25) is 4.79 Å². The molecule has 5 nitrogen and oxygen atoms in total. The molecule has 6 heteroatoms. The maximum atomic E-state index is 13.0. The van der Waals surface area contributed by atoms with E-state index in [-0.39, 0.29) is 35.7 Å². The number of benzene rings is 1. The van der Waals surface area contributed by atoms with Gasteiger partial charge in [-0.1, -0.05) is 18.2 Å². The third kappa shape index (κ3) is 2.39. The minimum absolute atomic E-state index is 0.198. The number of ether oxygens (including phenoxy) is 2. The average molecular weight is 324 g/mol. The molecule has 2 heterocycles. The fraction of sp³-hybridized carbons (Fsp3) is 0.562. The van der Waals surface area contributed by atoms with Crippen LogP contribution >= 0.6 is 0 Å². The molecule has 2 aliphatic heterocycles. The van der Waals surface area contributed by atoms with Crippen LogP contribution in [0.25, 0.3) is 0 Å². The van der Waals surface area contributed by atoms with Gasteiger partial charge in [-0.15, -0.1) is 0 Å². The SMILES string of the molecule is C[C@H]1CCC(=O)[C@@]2(O1)O[C@@H](C)C[C@@H]2S(=O)(=O)c1ccccc1. The molecular weight excluding hydrogens is 304 g/mol. The topological polar surface area (TPSA) is 69.7 Å². The Morgan fingerprint density at radius 1 is 1.09 bits per heavy atom. The van der Waals surface area contributed by atoms with Crippen molar-refractivity contribution in [2.75, 3.05) is 0 Å². The molecule has 0 aliphatic carbocycles. The van der Waals surface area contributed by atoms with Crippen LogP contribution in [0.3, 0.4) is 0 Å². The van der Waals surface area contributed by atoms with Crippen molar-refractivity contribution in [3.05, 3.63) is 30.3 Å². The summed E-state index contributed by atoms with van der Waals surface area (Å²) < 4.78 is 37.5. The lowest BCUT2D eigenvalue weighted by molar-refractivity contribution is -0.244. The molecule has 0 radical (unpaired) electrons. The van der Waals surface area contributed by atoms with Crippen molar-refractivity contribution in [3.8, 4) is 0 Å². The lowest BCUT2D eigenvalue weighted by Gasteiger charge is -2.38. The van der Waals surface area contributed by atoms with Crippen molar-refractivity contribution in [1.82, 2.24) is 0 Å². The molecule has 1 aromatic carbocycles. The Balaban J connectivity index is 2.06. The molecule has 1 aromatic rings. The van der Waals surface area contributed by atoms with Gasteiger partial charge in [0, 0.05) is 6.42 Å². The Hall–Kier alpha value is -1.24. The molecule has 2 saturated heterocycles. The number of hydrogen-bond acceptors (Lipinski definition) is 5. The van der Waals surface area contributed by atoms with Crippen molar-refractivity contribution in [2.45, 2.75) is 61.3 Å². The van der Waals surface area contributed by atoms with Crippen molar-refractivity contribution >= 4 is 15.6 Å². The second-order valence-corrected chi connectivity index (χ2v) is 8.20. The molecule has 4 atom stereocenters. The Morgan fingerprint density at radius 3 is 2.41 bits per heavy atom. The van der Waals surface area contributed by atoms with Crippen molar-refractivity contribution in [3.63, 3.8) is 0 Å². The number of carbonyl (C=O) groups excluding carboxylic acids is 1. The normalized spacial score (nSPS) is 35.9.